The molecule has 1 aromatic carbocycles. The molecule has 0 bridgehead atoms. The number of aromatic nitrogens is 2. The van der Waals surface area contributed by atoms with E-state index in [0.29, 0.717) is 5.95 Å². The van der Waals surface area contributed by atoms with Crippen LogP contribution in [0.2, 0.25) is 0 Å². The highest BCUT2D eigenvalue weighted by atomic mass is 16.2. The number of hydrogen-bond acceptors (Lipinski definition) is 3. The van der Waals surface area contributed by atoms with Crippen LogP contribution in [0.3, 0.4) is 0 Å². The second-order valence-electron chi connectivity index (χ2n) is 5.31. The molecule has 1 aliphatic rings. The van der Waals surface area contributed by atoms with E-state index in [9.17, 15) is 4.79 Å². The smallest absolute Gasteiger partial charge is 0.322 e. The highest BCUT2D eigenvalue weighted by molar-refractivity contribution is 5.88. The fraction of sp³-hybridized carbons (Fsp3) is 0.312. The Morgan fingerprint density at radius 3 is 2.33 bits per heavy atom. The molecule has 1 fully saturated rings. The maximum atomic E-state index is 12.2. The summed E-state index contributed by atoms with van der Waals surface area (Å²) in [4.78, 5) is 20.3. The van der Waals surface area contributed by atoms with Crippen molar-refractivity contribution in [1.29, 1.82) is 0 Å². The highest BCUT2D eigenvalue weighted by Gasteiger charge is 2.36. The minimum Gasteiger partial charge on any atom is -0.328 e. The van der Waals surface area contributed by atoms with Crippen LogP contribution in [0.1, 0.15) is 31.2 Å². The van der Waals surface area contributed by atoms with Crippen LogP contribution in [-0.4, -0.2) is 16.0 Å². The molecule has 0 unspecified atom stereocenters. The monoisotopic (exact) mass is 282 g/mol. The molecule has 2 N–H and O–H groups in total. The molecule has 5 nitrogen and oxygen atoms in total. The summed E-state index contributed by atoms with van der Waals surface area (Å²) in [5.41, 5.74) is 0.881. The summed E-state index contributed by atoms with van der Waals surface area (Å²) in [6, 6.07) is 11.6. The number of nitrogens with zero attached hydrogens (tertiary/aromatic N) is 2. The van der Waals surface area contributed by atoms with Crippen LogP contribution in [0.15, 0.2) is 48.8 Å². The molecule has 0 atom stereocenters. The first-order valence-electron chi connectivity index (χ1n) is 7.20. The fourth-order valence-corrected chi connectivity index (χ4v) is 2.94. The van der Waals surface area contributed by atoms with Gasteiger partial charge in [-0.1, -0.05) is 43.2 Å². The number of benzene rings is 1. The van der Waals surface area contributed by atoms with Gasteiger partial charge >= 0.3 is 6.03 Å². The van der Waals surface area contributed by atoms with Crippen molar-refractivity contribution in [2.24, 2.45) is 0 Å². The number of rotatable bonds is 3. The number of carbonyl (C=O) groups is 1. The summed E-state index contributed by atoms with van der Waals surface area (Å²) in [6.07, 6.45) is 7.37. The summed E-state index contributed by atoms with van der Waals surface area (Å²) < 4.78 is 0. The molecule has 3 rings (SSSR count). The third-order valence-corrected chi connectivity index (χ3v) is 3.93. The molecular weight excluding hydrogens is 264 g/mol. The molecule has 2 amide bonds. The molecule has 108 valence electrons. The second kappa shape index (κ2) is 5.91. The number of anilines is 1. The van der Waals surface area contributed by atoms with Crippen LogP contribution in [-0.2, 0) is 5.54 Å². The van der Waals surface area contributed by atoms with Gasteiger partial charge in [-0.15, -0.1) is 0 Å². The molecule has 0 spiro atoms. The molecule has 1 heterocycles. The van der Waals surface area contributed by atoms with E-state index in [0.717, 1.165) is 31.2 Å². The highest BCUT2D eigenvalue weighted by Crippen LogP contribution is 2.38. The zero-order chi connectivity index (χ0) is 14.5. The second-order valence-corrected chi connectivity index (χ2v) is 5.31. The molecule has 5 heteroatoms. The first kappa shape index (κ1) is 13.5. The fourth-order valence-electron chi connectivity index (χ4n) is 2.94. The quantitative estimate of drug-likeness (QED) is 0.909. The van der Waals surface area contributed by atoms with Gasteiger partial charge in [0.2, 0.25) is 5.95 Å². The zero-order valence-electron chi connectivity index (χ0n) is 11.7. The molecule has 0 radical (unpaired) electrons. The molecule has 1 saturated carbocycles. The Kier molecular flexibility index (Phi) is 3.81. The van der Waals surface area contributed by atoms with Crippen LogP contribution in [0, 0.1) is 0 Å². The van der Waals surface area contributed by atoms with Crippen LogP contribution in [0.4, 0.5) is 10.7 Å². The van der Waals surface area contributed by atoms with Crippen LogP contribution < -0.4 is 10.6 Å². The third-order valence-electron chi connectivity index (χ3n) is 3.93. The van der Waals surface area contributed by atoms with E-state index in [1.807, 2.05) is 18.2 Å². The van der Waals surface area contributed by atoms with Crippen molar-refractivity contribution in [2.45, 2.75) is 31.2 Å². The summed E-state index contributed by atoms with van der Waals surface area (Å²) >= 11 is 0. The van der Waals surface area contributed by atoms with Crippen molar-refractivity contribution in [3.05, 3.63) is 54.4 Å². The number of nitrogens with one attached hydrogen (secondary N) is 2. The van der Waals surface area contributed by atoms with Gasteiger partial charge in [0.25, 0.3) is 0 Å². The van der Waals surface area contributed by atoms with Gasteiger partial charge in [-0.25, -0.2) is 14.8 Å². The van der Waals surface area contributed by atoms with Gasteiger partial charge in [0.05, 0.1) is 5.54 Å². The molecule has 0 saturated heterocycles. The van der Waals surface area contributed by atoms with Crippen molar-refractivity contribution in [2.75, 3.05) is 5.32 Å². The number of hydrogen-bond donors (Lipinski definition) is 2. The SMILES string of the molecule is O=C(Nc1ncccn1)NC1(c2ccccc2)CCCC1. The molecule has 21 heavy (non-hydrogen) atoms. The lowest BCUT2D eigenvalue weighted by molar-refractivity contribution is 0.236. The minimum absolute atomic E-state index is 0.257. The lowest BCUT2D eigenvalue weighted by atomic mass is 9.88. The van der Waals surface area contributed by atoms with E-state index in [1.165, 1.54) is 0 Å². The third kappa shape index (κ3) is 3.02. The van der Waals surface area contributed by atoms with E-state index >= 15 is 0 Å². The lowest BCUT2D eigenvalue weighted by Crippen LogP contribution is -2.46. The lowest BCUT2D eigenvalue weighted by Gasteiger charge is -2.30. The first-order valence-corrected chi connectivity index (χ1v) is 7.20. The Morgan fingerprint density at radius 2 is 1.67 bits per heavy atom. The Balaban J connectivity index is 1.75. The van der Waals surface area contributed by atoms with Gasteiger partial charge in [-0.05, 0) is 24.5 Å². The van der Waals surface area contributed by atoms with Crippen molar-refractivity contribution >= 4 is 12.0 Å². The van der Waals surface area contributed by atoms with Gasteiger partial charge in [0.1, 0.15) is 0 Å². The Bertz CT molecular complexity index is 594. The summed E-state index contributed by atoms with van der Waals surface area (Å²) in [5.74, 6) is 0.316. The number of urea groups is 1. The number of carbonyl (C=O) groups excluding carboxylic acids is 1. The van der Waals surface area contributed by atoms with Crippen LogP contribution in [0.25, 0.3) is 0 Å². The normalized spacial score (nSPS) is 16.4. The van der Waals surface area contributed by atoms with Gasteiger partial charge in [0, 0.05) is 12.4 Å². The summed E-state index contributed by atoms with van der Waals surface area (Å²) in [6.45, 7) is 0. The molecule has 1 aromatic heterocycles. The average Bonchev–Trinajstić information content (AvgIpc) is 2.99. The van der Waals surface area contributed by atoms with Gasteiger partial charge < -0.3 is 5.32 Å². The maximum absolute atomic E-state index is 12.2. The van der Waals surface area contributed by atoms with Crippen LogP contribution in [0.5, 0.6) is 0 Å². The average molecular weight is 282 g/mol. The molecule has 0 aliphatic heterocycles. The van der Waals surface area contributed by atoms with E-state index in [2.05, 4.69) is 32.7 Å². The molecule has 1 aliphatic carbocycles. The van der Waals surface area contributed by atoms with E-state index in [4.69, 9.17) is 0 Å². The number of amides is 2. The van der Waals surface area contributed by atoms with E-state index in [1.54, 1.807) is 18.5 Å². The van der Waals surface area contributed by atoms with Crippen molar-refractivity contribution < 1.29 is 4.79 Å². The van der Waals surface area contributed by atoms with Crippen LogP contribution >= 0.6 is 0 Å². The topological polar surface area (TPSA) is 66.9 Å². The Morgan fingerprint density at radius 1 is 1.00 bits per heavy atom. The predicted octanol–water partition coefficient (Wildman–Crippen LogP) is 3.07. The van der Waals surface area contributed by atoms with Gasteiger partial charge in [-0.2, -0.15) is 0 Å². The van der Waals surface area contributed by atoms with E-state index < -0.39 is 0 Å². The van der Waals surface area contributed by atoms with Gasteiger partial charge in [0.15, 0.2) is 0 Å². The van der Waals surface area contributed by atoms with Gasteiger partial charge in [-0.3, -0.25) is 5.32 Å². The summed E-state index contributed by atoms with van der Waals surface area (Å²) in [5, 5.41) is 5.82. The van der Waals surface area contributed by atoms with Crippen molar-refractivity contribution in [1.82, 2.24) is 15.3 Å². The molecular formula is C16H18N4O. The van der Waals surface area contributed by atoms with Crippen molar-refractivity contribution in [3.63, 3.8) is 0 Å². The maximum Gasteiger partial charge on any atom is 0.322 e. The van der Waals surface area contributed by atoms with Crippen molar-refractivity contribution in [3.8, 4) is 0 Å². The Labute approximate surface area is 123 Å². The standard InChI is InChI=1S/C16H18N4O/c21-15(19-14-17-11-6-12-18-14)20-16(9-4-5-10-16)13-7-2-1-3-8-13/h1-3,6-8,11-12H,4-5,9-10H2,(H2,17,18,19,20,21). The first-order chi connectivity index (χ1) is 10.3. The minimum atomic E-state index is -0.278. The largest absolute Gasteiger partial charge is 0.328 e. The Hall–Kier alpha value is -2.43. The zero-order valence-corrected chi connectivity index (χ0v) is 11.7. The molecule has 2 aromatic rings. The summed E-state index contributed by atoms with van der Waals surface area (Å²) in [7, 11) is 0. The predicted molar refractivity (Wildman–Crippen MR) is 80.8 cm³/mol. The van der Waals surface area contributed by atoms with E-state index in [-0.39, 0.29) is 11.6 Å².